The lowest BCUT2D eigenvalue weighted by atomic mass is 10.1. The monoisotopic (exact) mass is 496 g/mol. The molecule has 0 bridgehead atoms. The molecule has 0 spiro atoms. The number of carbonyl (C=O) groups is 1. The van der Waals surface area contributed by atoms with Crippen LogP contribution in [-0.4, -0.2) is 48.2 Å². The van der Waals surface area contributed by atoms with E-state index < -0.39 is 41.2 Å². The van der Waals surface area contributed by atoms with Crippen LogP contribution >= 0.6 is 0 Å². The molecule has 1 unspecified atom stereocenters. The number of rotatable bonds is 8. The topological polar surface area (TPSA) is 58.0 Å². The van der Waals surface area contributed by atoms with Gasteiger partial charge in [0, 0.05) is 26.2 Å². The smallest absolute Gasteiger partial charge is 0.417 e. The van der Waals surface area contributed by atoms with Gasteiger partial charge in [-0.1, -0.05) is 18.8 Å². The summed E-state index contributed by atoms with van der Waals surface area (Å²) < 4.78 is 71.3. The van der Waals surface area contributed by atoms with Crippen LogP contribution in [0.3, 0.4) is 0 Å². The van der Waals surface area contributed by atoms with Crippen molar-refractivity contribution in [2.75, 3.05) is 25.2 Å². The Labute approximate surface area is 200 Å². The fourth-order valence-corrected chi connectivity index (χ4v) is 3.07. The molecule has 0 radical (unpaired) electrons. The van der Waals surface area contributed by atoms with Crippen LogP contribution in [0.25, 0.3) is 0 Å². The first-order chi connectivity index (χ1) is 16.5. The summed E-state index contributed by atoms with van der Waals surface area (Å²) >= 11 is 0. The van der Waals surface area contributed by atoms with E-state index in [9.17, 15) is 26.7 Å². The highest BCUT2D eigenvalue weighted by molar-refractivity contribution is 6.00. The second-order valence-electron chi connectivity index (χ2n) is 7.36. The van der Waals surface area contributed by atoms with Crippen molar-refractivity contribution in [2.24, 2.45) is 5.10 Å². The van der Waals surface area contributed by atoms with Gasteiger partial charge >= 0.3 is 6.18 Å². The summed E-state index contributed by atoms with van der Waals surface area (Å²) in [5, 5.41) is 5.42. The first-order valence-electron chi connectivity index (χ1n) is 10.7. The van der Waals surface area contributed by atoms with Crippen LogP contribution in [0.15, 0.2) is 35.6 Å². The number of likely N-dealkylation sites (N-methyl/N-ethyl adjacent to an activating group) is 1. The molecule has 1 atom stereocenters. The number of nitrogens with zero attached hydrogens (tertiary/aromatic N) is 4. The number of hydrogen-bond acceptors (Lipinski definition) is 5. The van der Waals surface area contributed by atoms with Gasteiger partial charge in [0.05, 0.1) is 29.1 Å². The number of halogens is 5. The molecule has 11 heteroatoms. The van der Waals surface area contributed by atoms with Crippen molar-refractivity contribution in [2.45, 2.75) is 39.4 Å². The predicted octanol–water partition coefficient (Wildman–Crippen LogP) is 5.14. The van der Waals surface area contributed by atoms with E-state index in [1.165, 1.54) is 29.2 Å². The number of ether oxygens (including phenoxy) is 1. The van der Waals surface area contributed by atoms with Crippen LogP contribution in [0, 0.1) is 23.5 Å². The Balaban J connectivity index is 2.21. The predicted molar refractivity (Wildman–Crippen MR) is 122 cm³/mol. The first-order valence-corrected chi connectivity index (χ1v) is 10.7. The molecule has 0 fully saturated rings. The maximum Gasteiger partial charge on any atom is 0.417 e. The third kappa shape index (κ3) is 7.40. The highest BCUT2D eigenvalue weighted by Crippen LogP contribution is 2.30. The number of amides is 1. The van der Waals surface area contributed by atoms with Crippen molar-refractivity contribution < 1.29 is 31.5 Å². The van der Waals surface area contributed by atoms with Gasteiger partial charge in [-0.25, -0.2) is 13.8 Å². The van der Waals surface area contributed by atoms with E-state index in [0.717, 1.165) is 12.1 Å². The molecule has 0 aliphatic carbocycles. The highest BCUT2D eigenvalue weighted by atomic mass is 19.4. The van der Waals surface area contributed by atoms with Gasteiger partial charge in [-0.3, -0.25) is 9.80 Å². The minimum absolute atomic E-state index is 0.155. The molecular weight excluding hydrogens is 471 g/mol. The van der Waals surface area contributed by atoms with Crippen LogP contribution in [0.4, 0.5) is 27.6 Å². The Morgan fingerprint density at radius 3 is 2.57 bits per heavy atom. The lowest BCUT2D eigenvalue weighted by molar-refractivity contribution is -0.138. The molecule has 1 aromatic carbocycles. The Morgan fingerprint density at radius 1 is 1.26 bits per heavy atom. The normalized spacial score (nSPS) is 12.1. The van der Waals surface area contributed by atoms with Gasteiger partial charge in [-0.05, 0) is 38.1 Å². The van der Waals surface area contributed by atoms with Crippen molar-refractivity contribution >= 4 is 17.8 Å². The van der Waals surface area contributed by atoms with E-state index in [1.54, 1.807) is 13.8 Å². The zero-order valence-electron chi connectivity index (χ0n) is 19.7. The fraction of sp³-hybridized carbons (Fsp3) is 0.375. The van der Waals surface area contributed by atoms with E-state index >= 15 is 0 Å². The quantitative estimate of drug-likeness (QED) is 0.220. The molecule has 2 aromatic rings. The zero-order valence-corrected chi connectivity index (χ0v) is 19.7. The van der Waals surface area contributed by atoms with E-state index in [2.05, 4.69) is 21.9 Å². The van der Waals surface area contributed by atoms with Gasteiger partial charge < -0.3 is 9.64 Å². The van der Waals surface area contributed by atoms with Gasteiger partial charge in [0.1, 0.15) is 12.4 Å². The van der Waals surface area contributed by atoms with Crippen molar-refractivity contribution in [3.8, 4) is 17.7 Å². The number of alkyl halides is 3. The van der Waals surface area contributed by atoms with Crippen LogP contribution in [0.2, 0.25) is 0 Å². The Kier molecular flexibility index (Phi) is 9.57. The van der Waals surface area contributed by atoms with E-state index in [0.29, 0.717) is 18.7 Å². The molecule has 0 saturated carbocycles. The number of hydrogen-bond donors (Lipinski definition) is 0. The molecule has 188 valence electrons. The van der Waals surface area contributed by atoms with E-state index in [4.69, 9.17) is 4.74 Å². The van der Waals surface area contributed by atoms with Crippen LogP contribution in [-0.2, 0) is 6.18 Å². The minimum atomic E-state index is -4.74. The summed E-state index contributed by atoms with van der Waals surface area (Å²) in [5.41, 5.74) is -0.884. The number of benzene rings is 1. The van der Waals surface area contributed by atoms with Gasteiger partial charge in [-0.15, -0.1) is 0 Å². The molecule has 0 saturated heterocycles. The third-order valence-corrected chi connectivity index (χ3v) is 4.84. The summed E-state index contributed by atoms with van der Waals surface area (Å²) in [7, 11) is 1.54. The van der Waals surface area contributed by atoms with Gasteiger partial charge in [0.2, 0.25) is 5.88 Å². The van der Waals surface area contributed by atoms with Crippen molar-refractivity contribution in [3.05, 3.63) is 53.2 Å². The van der Waals surface area contributed by atoms with E-state index in [-0.39, 0.29) is 24.4 Å². The standard InChI is InChI=1S/C24H25F5N4O2/c1-5-7-8-11-31-32(4)21-13-18(25)9-10-19(21)23(34)33(6-2)16(3)15-35-22-20(26)12-17(14-30-22)24(27,28)29/h9-14,16H,5-6,15H2,1-4H3/b31-11-. The largest absolute Gasteiger partial charge is 0.473 e. The van der Waals surface area contributed by atoms with Gasteiger partial charge in [-0.2, -0.15) is 18.3 Å². The molecule has 0 aliphatic heterocycles. The second-order valence-corrected chi connectivity index (χ2v) is 7.36. The average Bonchev–Trinajstić information content (AvgIpc) is 2.80. The summed E-state index contributed by atoms with van der Waals surface area (Å²) in [6, 6.07) is 3.29. The van der Waals surface area contributed by atoms with Crippen LogP contribution < -0.4 is 9.75 Å². The minimum Gasteiger partial charge on any atom is -0.473 e. The molecular formula is C24H25F5N4O2. The zero-order chi connectivity index (χ0) is 26.2. The average molecular weight is 496 g/mol. The molecule has 35 heavy (non-hydrogen) atoms. The maximum absolute atomic E-state index is 14.0. The SMILES string of the molecule is CCC#C/C=N\N(C)c1cc(F)ccc1C(=O)N(CC)C(C)COc1ncc(C(F)(F)F)cc1F. The van der Waals surface area contributed by atoms with Gasteiger partial charge in [0.25, 0.3) is 5.91 Å². The number of aromatic nitrogens is 1. The van der Waals surface area contributed by atoms with Crippen molar-refractivity contribution in [1.29, 1.82) is 0 Å². The highest BCUT2D eigenvalue weighted by Gasteiger charge is 2.32. The van der Waals surface area contributed by atoms with Crippen LogP contribution in [0.5, 0.6) is 5.88 Å². The lowest BCUT2D eigenvalue weighted by Gasteiger charge is -2.29. The van der Waals surface area contributed by atoms with Gasteiger partial charge in [0.15, 0.2) is 5.82 Å². The first kappa shape index (κ1) is 27.6. The summed E-state index contributed by atoms with van der Waals surface area (Å²) in [5.74, 6) is 2.60. The number of hydrazone groups is 1. The lowest BCUT2D eigenvalue weighted by Crippen LogP contribution is -2.42. The molecule has 0 N–H and O–H groups in total. The molecule has 1 amide bonds. The van der Waals surface area contributed by atoms with Crippen molar-refractivity contribution in [3.63, 3.8) is 0 Å². The number of carbonyl (C=O) groups excluding carboxylic acids is 1. The fourth-order valence-electron chi connectivity index (χ4n) is 3.07. The Hall–Kier alpha value is -3.68. The van der Waals surface area contributed by atoms with E-state index in [1.807, 2.05) is 6.92 Å². The summed E-state index contributed by atoms with van der Waals surface area (Å²) in [4.78, 5) is 18.1. The molecule has 1 heterocycles. The summed E-state index contributed by atoms with van der Waals surface area (Å²) in [6.45, 7) is 5.18. The second kappa shape index (κ2) is 12.1. The van der Waals surface area contributed by atoms with Crippen LogP contribution in [0.1, 0.15) is 43.1 Å². The summed E-state index contributed by atoms with van der Waals surface area (Å²) in [6.07, 6.45) is -2.30. The molecule has 6 nitrogen and oxygen atoms in total. The molecule has 1 aromatic heterocycles. The Morgan fingerprint density at radius 2 is 1.97 bits per heavy atom. The number of pyridine rings is 1. The molecule has 0 aliphatic rings. The maximum atomic E-state index is 14.0. The molecule has 2 rings (SSSR count). The van der Waals surface area contributed by atoms with Crippen molar-refractivity contribution in [1.82, 2.24) is 9.88 Å². The number of anilines is 1. The third-order valence-electron chi connectivity index (χ3n) is 4.84. The Bertz CT molecular complexity index is 1130.